The molecule has 0 aromatic heterocycles. The molecule has 2 fully saturated rings. The van der Waals surface area contributed by atoms with Crippen LogP contribution in [0.3, 0.4) is 0 Å². The van der Waals surface area contributed by atoms with Crippen molar-refractivity contribution in [1.82, 2.24) is 0 Å². The van der Waals surface area contributed by atoms with Crippen LogP contribution in [-0.2, 0) is 44.9 Å². The summed E-state index contributed by atoms with van der Waals surface area (Å²) in [5.41, 5.74) is 0. The van der Waals surface area contributed by atoms with E-state index >= 15 is 0 Å². The van der Waals surface area contributed by atoms with E-state index in [-0.39, 0.29) is 12.2 Å². The first-order valence-electron chi connectivity index (χ1n) is 10.8. The number of epoxide rings is 2. The molecule has 13 heteroatoms. The van der Waals surface area contributed by atoms with Crippen molar-refractivity contribution < 1.29 is 44.9 Å². The second-order valence-corrected chi connectivity index (χ2v) is 17.9. The Balaban J connectivity index is 1.82. The molecule has 0 aromatic rings. The molecule has 31 heavy (non-hydrogen) atoms. The topological polar surface area (TPSA) is 98.9 Å². The summed E-state index contributed by atoms with van der Waals surface area (Å²) in [5, 5.41) is 0. The smallest absolute Gasteiger partial charge is 0.394 e. The van der Waals surface area contributed by atoms with Crippen LogP contribution in [0.2, 0.25) is 25.2 Å². The molecule has 0 aromatic carbocycles. The molecule has 0 spiro atoms. The van der Waals surface area contributed by atoms with E-state index in [1.807, 2.05) is 13.1 Å². The van der Waals surface area contributed by atoms with E-state index in [0.29, 0.717) is 38.5 Å². The third-order valence-corrected chi connectivity index (χ3v) is 15.8. The van der Waals surface area contributed by atoms with Gasteiger partial charge < -0.3 is 44.9 Å². The van der Waals surface area contributed by atoms with Gasteiger partial charge in [-0.1, -0.05) is 0 Å². The van der Waals surface area contributed by atoms with E-state index < -0.39 is 26.2 Å². The predicted octanol–water partition coefficient (Wildman–Crippen LogP) is 1.80. The lowest BCUT2D eigenvalue weighted by molar-refractivity contribution is 0.0964. The number of hydrogen-bond donors (Lipinski definition) is 0. The van der Waals surface area contributed by atoms with Gasteiger partial charge in [0.2, 0.25) is 0 Å². The molecule has 2 aliphatic heterocycles. The van der Waals surface area contributed by atoms with Crippen molar-refractivity contribution in [3.8, 4) is 0 Å². The highest BCUT2D eigenvalue weighted by atomic mass is 28.5. The number of rotatable bonds is 20. The lowest BCUT2D eigenvalue weighted by Gasteiger charge is -2.39. The second kappa shape index (κ2) is 13.2. The van der Waals surface area contributed by atoms with Gasteiger partial charge in [-0.15, -0.1) is 0 Å². The van der Waals surface area contributed by atoms with E-state index in [0.717, 1.165) is 26.1 Å². The summed E-state index contributed by atoms with van der Waals surface area (Å²) >= 11 is 0. The van der Waals surface area contributed by atoms with Gasteiger partial charge in [0.15, 0.2) is 0 Å². The van der Waals surface area contributed by atoms with Gasteiger partial charge in [0.05, 0.1) is 26.4 Å². The number of hydrogen-bond acceptors (Lipinski definition) is 10. The molecule has 2 heterocycles. The molecule has 2 saturated heterocycles. The summed E-state index contributed by atoms with van der Waals surface area (Å²) in [7, 11) is -2.05. The van der Waals surface area contributed by atoms with Crippen molar-refractivity contribution in [2.75, 3.05) is 68.1 Å². The van der Waals surface area contributed by atoms with Gasteiger partial charge in [-0.3, -0.25) is 0 Å². The molecular formula is C18H40O10Si3. The van der Waals surface area contributed by atoms with E-state index in [2.05, 4.69) is 0 Å². The highest BCUT2D eigenvalue weighted by molar-refractivity contribution is 6.82. The van der Waals surface area contributed by atoms with Crippen molar-refractivity contribution in [3.63, 3.8) is 0 Å². The fourth-order valence-electron chi connectivity index (χ4n) is 3.15. The molecule has 0 N–H and O–H groups in total. The quantitative estimate of drug-likeness (QED) is 0.140. The minimum absolute atomic E-state index is 0.261. The molecule has 2 unspecified atom stereocenters. The average Bonchev–Trinajstić information content (AvgIpc) is 3.66. The maximum atomic E-state index is 6.45. The molecule has 2 atom stereocenters. The summed E-state index contributed by atoms with van der Waals surface area (Å²) in [6.45, 7) is 7.99. The zero-order valence-corrected chi connectivity index (χ0v) is 22.8. The Bertz CT molecular complexity index is 455. The summed E-state index contributed by atoms with van der Waals surface area (Å²) < 4.78 is 57.5. The van der Waals surface area contributed by atoms with Gasteiger partial charge in [-0.05, 0) is 25.9 Å². The lowest BCUT2D eigenvalue weighted by Crippen LogP contribution is -2.59. The normalized spacial score (nSPS) is 21.5. The Morgan fingerprint density at radius 1 is 0.677 bits per heavy atom. The van der Waals surface area contributed by atoms with Gasteiger partial charge in [0, 0.05) is 53.7 Å². The van der Waals surface area contributed by atoms with Gasteiger partial charge in [-0.2, -0.15) is 0 Å². The molecule has 2 rings (SSSR count). The Morgan fingerprint density at radius 3 is 1.32 bits per heavy atom. The highest BCUT2D eigenvalue weighted by Gasteiger charge is 2.51. The molecular weight excluding hydrogens is 460 g/mol. The van der Waals surface area contributed by atoms with Crippen LogP contribution in [0.15, 0.2) is 0 Å². The zero-order chi connectivity index (χ0) is 22.8. The first kappa shape index (κ1) is 27.5. The number of ether oxygens (including phenoxy) is 4. The highest BCUT2D eigenvalue weighted by Crippen LogP contribution is 2.28. The minimum atomic E-state index is -2.92. The summed E-state index contributed by atoms with van der Waals surface area (Å²) in [6.07, 6.45) is 2.06. The predicted molar refractivity (Wildman–Crippen MR) is 119 cm³/mol. The van der Waals surface area contributed by atoms with E-state index in [1.54, 1.807) is 28.4 Å². The maximum absolute atomic E-state index is 6.45. The Morgan fingerprint density at radius 2 is 1.03 bits per heavy atom. The van der Waals surface area contributed by atoms with Crippen LogP contribution >= 0.6 is 0 Å². The van der Waals surface area contributed by atoms with Crippen LogP contribution in [-0.4, -0.2) is 106 Å². The molecule has 0 aliphatic carbocycles. The Labute approximate surface area is 189 Å². The first-order chi connectivity index (χ1) is 14.8. The standard InChI is InChI=1S/C18H40O10Si3/c1-19-30(20-2,11-7-9-23-13-17-15-25-17)27-29(5,6)28-31(21-3,22-4)12-8-10-24-14-18-16-26-18/h17-18H,7-16H2,1-6H3. The van der Waals surface area contributed by atoms with Gasteiger partial charge in [0.1, 0.15) is 12.2 Å². The van der Waals surface area contributed by atoms with Gasteiger partial charge in [0.25, 0.3) is 0 Å². The van der Waals surface area contributed by atoms with E-state index in [4.69, 9.17) is 44.9 Å². The van der Waals surface area contributed by atoms with Crippen molar-refractivity contribution >= 4 is 26.2 Å². The molecule has 0 amide bonds. The van der Waals surface area contributed by atoms with Crippen LogP contribution in [0.1, 0.15) is 12.8 Å². The molecule has 2 aliphatic rings. The van der Waals surface area contributed by atoms with Crippen LogP contribution < -0.4 is 0 Å². The Kier molecular flexibility index (Phi) is 11.7. The van der Waals surface area contributed by atoms with E-state index in [1.165, 1.54) is 0 Å². The molecule has 10 nitrogen and oxygen atoms in total. The molecule has 0 bridgehead atoms. The van der Waals surface area contributed by atoms with Crippen molar-refractivity contribution in [2.45, 2.75) is 50.2 Å². The van der Waals surface area contributed by atoms with Crippen LogP contribution in [0.5, 0.6) is 0 Å². The largest absolute Gasteiger partial charge is 0.491 e. The Hall–Kier alpha value is 0.251. The zero-order valence-electron chi connectivity index (χ0n) is 19.8. The van der Waals surface area contributed by atoms with Crippen LogP contribution in [0.4, 0.5) is 0 Å². The molecule has 184 valence electrons. The SMILES string of the molecule is CO[Si](CCCOCC1CO1)(OC)O[Si](C)(C)O[Si](CCCOCC1CO1)(OC)OC. The summed E-state index contributed by atoms with van der Waals surface area (Å²) in [5.74, 6) is 0. The average molecular weight is 501 g/mol. The third-order valence-electron chi connectivity index (χ3n) is 5.00. The molecule has 0 radical (unpaired) electrons. The second-order valence-electron chi connectivity index (χ2n) is 8.05. The van der Waals surface area contributed by atoms with Crippen molar-refractivity contribution in [3.05, 3.63) is 0 Å². The van der Waals surface area contributed by atoms with Crippen LogP contribution in [0, 0.1) is 0 Å². The fourth-order valence-corrected chi connectivity index (χ4v) is 14.1. The van der Waals surface area contributed by atoms with Gasteiger partial charge in [-0.25, -0.2) is 0 Å². The summed E-state index contributed by atoms with van der Waals surface area (Å²) in [4.78, 5) is 0. The lowest BCUT2D eigenvalue weighted by atomic mass is 10.5. The minimum Gasteiger partial charge on any atom is -0.394 e. The molecule has 0 saturated carbocycles. The monoisotopic (exact) mass is 500 g/mol. The van der Waals surface area contributed by atoms with Gasteiger partial charge >= 0.3 is 26.2 Å². The third kappa shape index (κ3) is 10.4. The summed E-state index contributed by atoms with van der Waals surface area (Å²) in [6, 6.07) is 1.27. The van der Waals surface area contributed by atoms with E-state index in [9.17, 15) is 0 Å². The van der Waals surface area contributed by atoms with Crippen molar-refractivity contribution in [1.29, 1.82) is 0 Å². The van der Waals surface area contributed by atoms with Crippen molar-refractivity contribution in [2.24, 2.45) is 0 Å². The fraction of sp³-hybridized carbons (Fsp3) is 1.00. The van der Waals surface area contributed by atoms with Crippen LogP contribution in [0.25, 0.3) is 0 Å². The first-order valence-corrected chi connectivity index (χ1v) is 17.5. The maximum Gasteiger partial charge on any atom is 0.491 e.